The molecule has 0 atom stereocenters. The van der Waals surface area contributed by atoms with Crippen LogP contribution in [0.15, 0.2) is 29.0 Å². The molecule has 3 N–H and O–H groups in total. The van der Waals surface area contributed by atoms with Crippen LogP contribution < -0.4 is 10.5 Å². The van der Waals surface area contributed by atoms with Crippen molar-refractivity contribution in [2.75, 3.05) is 7.11 Å². The fraction of sp³-hybridized carbons (Fsp3) is 0.182. The Morgan fingerprint density at radius 3 is 3.00 bits per heavy atom. The first-order valence-electron chi connectivity index (χ1n) is 4.83. The summed E-state index contributed by atoms with van der Waals surface area (Å²) in [6.07, 6.45) is 0. The predicted molar refractivity (Wildman–Crippen MR) is 66.2 cm³/mol. The number of rotatable bonds is 3. The van der Waals surface area contributed by atoms with E-state index < -0.39 is 0 Å². The molecule has 0 aliphatic heterocycles. The van der Waals surface area contributed by atoms with Gasteiger partial charge in [0.25, 0.3) is 0 Å². The number of hydrogen-bond donors (Lipinski definition) is 2. The highest BCUT2D eigenvalue weighted by Crippen LogP contribution is 2.26. The number of nitrogens with one attached hydrogen (secondary N) is 1. The van der Waals surface area contributed by atoms with Crippen LogP contribution in [0.25, 0.3) is 11.3 Å². The number of methoxy groups -OCH3 is 1. The number of aromatic amines is 1. The molecule has 0 unspecified atom stereocenters. The van der Waals surface area contributed by atoms with E-state index in [1.165, 1.54) is 0 Å². The maximum absolute atomic E-state index is 5.65. The zero-order valence-corrected chi connectivity index (χ0v) is 10.4. The number of ether oxygens (including phenoxy) is 1. The third-order valence-corrected chi connectivity index (χ3v) is 2.67. The van der Waals surface area contributed by atoms with Crippen molar-refractivity contribution in [1.82, 2.24) is 9.97 Å². The average Bonchev–Trinajstić information content (AvgIpc) is 2.70. The normalized spacial score (nSPS) is 10.4. The molecule has 0 bridgehead atoms. The highest BCUT2D eigenvalue weighted by atomic mass is 79.9. The van der Waals surface area contributed by atoms with Crippen molar-refractivity contribution in [1.29, 1.82) is 0 Å². The topological polar surface area (TPSA) is 63.9 Å². The Labute approximate surface area is 102 Å². The molecule has 0 aliphatic rings. The van der Waals surface area contributed by atoms with Crippen molar-refractivity contribution in [2.24, 2.45) is 5.73 Å². The van der Waals surface area contributed by atoms with Gasteiger partial charge in [-0.15, -0.1) is 0 Å². The maximum Gasteiger partial charge on any atom is 0.175 e. The third kappa shape index (κ3) is 2.10. The molecule has 4 nitrogen and oxygen atoms in total. The number of imidazole rings is 1. The zero-order chi connectivity index (χ0) is 11.5. The minimum absolute atomic E-state index is 0.422. The summed E-state index contributed by atoms with van der Waals surface area (Å²) in [7, 11) is 1.64. The van der Waals surface area contributed by atoms with Crippen molar-refractivity contribution < 1.29 is 4.74 Å². The predicted octanol–water partition coefficient (Wildman–Crippen LogP) is 2.31. The van der Waals surface area contributed by atoms with E-state index >= 15 is 0 Å². The summed E-state index contributed by atoms with van der Waals surface area (Å²) in [6, 6.07) is 7.73. The van der Waals surface area contributed by atoms with E-state index in [1.807, 2.05) is 24.3 Å². The monoisotopic (exact) mass is 281 g/mol. The number of nitrogens with two attached hydrogens (primary N) is 1. The minimum atomic E-state index is 0.422. The van der Waals surface area contributed by atoms with Gasteiger partial charge in [-0.1, -0.05) is 12.1 Å². The number of hydrogen-bond acceptors (Lipinski definition) is 3. The number of halogens is 1. The second-order valence-corrected chi connectivity index (χ2v) is 4.04. The van der Waals surface area contributed by atoms with E-state index in [1.54, 1.807) is 7.11 Å². The van der Waals surface area contributed by atoms with Gasteiger partial charge in [-0.2, -0.15) is 0 Å². The molecule has 0 amide bonds. The summed E-state index contributed by atoms with van der Waals surface area (Å²) in [6.45, 7) is 0.422. The molecular formula is C11H12BrN3O. The molecule has 1 aromatic heterocycles. The SMILES string of the molecule is COc1cccc(-c2nc(Br)[nH]c2CN)c1. The van der Waals surface area contributed by atoms with Crippen LogP contribution in [0.3, 0.4) is 0 Å². The molecule has 84 valence electrons. The second-order valence-electron chi connectivity index (χ2n) is 3.29. The molecule has 0 spiro atoms. The van der Waals surface area contributed by atoms with Crippen molar-refractivity contribution in [3.63, 3.8) is 0 Å². The van der Waals surface area contributed by atoms with Gasteiger partial charge in [-0.05, 0) is 28.1 Å². The van der Waals surface area contributed by atoms with Gasteiger partial charge < -0.3 is 15.5 Å². The first kappa shape index (κ1) is 11.2. The average molecular weight is 282 g/mol. The summed E-state index contributed by atoms with van der Waals surface area (Å²) in [5.41, 5.74) is 8.39. The fourth-order valence-electron chi connectivity index (χ4n) is 1.53. The first-order chi connectivity index (χ1) is 7.74. The van der Waals surface area contributed by atoms with E-state index in [0.29, 0.717) is 11.3 Å². The Kier molecular flexibility index (Phi) is 3.26. The third-order valence-electron chi connectivity index (χ3n) is 2.30. The van der Waals surface area contributed by atoms with Gasteiger partial charge in [0.2, 0.25) is 0 Å². The Morgan fingerprint density at radius 2 is 2.31 bits per heavy atom. The zero-order valence-electron chi connectivity index (χ0n) is 8.83. The maximum atomic E-state index is 5.65. The van der Waals surface area contributed by atoms with Crippen molar-refractivity contribution in [3.05, 3.63) is 34.7 Å². The number of benzene rings is 1. The molecule has 1 heterocycles. The largest absolute Gasteiger partial charge is 0.497 e. The lowest BCUT2D eigenvalue weighted by Gasteiger charge is -2.03. The summed E-state index contributed by atoms with van der Waals surface area (Å²) >= 11 is 3.30. The Hall–Kier alpha value is -1.33. The van der Waals surface area contributed by atoms with E-state index in [0.717, 1.165) is 22.7 Å². The summed E-state index contributed by atoms with van der Waals surface area (Å²) in [4.78, 5) is 7.42. The van der Waals surface area contributed by atoms with Gasteiger partial charge in [-0.25, -0.2) is 4.98 Å². The van der Waals surface area contributed by atoms with Gasteiger partial charge in [0.05, 0.1) is 18.5 Å². The van der Waals surface area contributed by atoms with Crippen LogP contribution in [-0.4, -0.2) is 17.1 Å². The summed E-state index contributed by atoms with van der Waals surface area (Å²) in [5.74, 6) is 0.805. The molecule has 0 saturated carbocycles. The van der Waals surface area contributed by atoms with Crippen LogP contribution >= 0.6 is 15.9 Å². The highest BCUT2D eigenvalue weighted by Gasteiger charge is 2.10. The molecule has 2 rings (SSSR count). The second kappa shape index (κ2) is 4.67. The standard InChI is InChI=1S/C11H12BrN3O/c1-16-8-4-2-3-7(5-8)10-9(6-13)14-11(12)15-10/h2-5H,6,13H2,1H3,(H,14,15). The van der Waals surface area contributed by atoms with E-state index in [2.05, 4.69) is 25.9 Å². The van der Waals surface area contributed by atoms with Gasteiger partial charge in [0.15, 0.2) is 4.73 Å². The van der Waals surface area contributed by atoms with Gasteiger partial charge in [0.1, 0.15) is 5.75 Å². The van der Waals surface area contributed by atoms with Gasteiger partial charge >= 0.3 is 0 Å². The van der Waals surface area contributed by atoms with Crippen molar-refractivity contribution >= 4 is 15.9 Å². The van der Waals surface area contributed by atoms with Crippen LogP contribution in [0.5, 0.6) is 5.75 Å². The fourth-order valence-corrected chi connectivity index (χ4v) is 1.95. The van der Waals surface area contributed by atoms with Gasteiger partial charge in [0, 0.05) is 12.1 Å². The number of nitrogens with zero attached hydrogens (tertiary/aromatic N) is 1. The van der Waals surface area contributed by atoms with Crippen LogP contribution in [0.1, 0.15) is 5.69 Å². The smallest absolute Gasteiger partial charge is 0.175 e. The van der Waals surface area contributed by atoms with Crippen molar-refractivity contribution in [3.8, 4) is 17.0 Å². The van der Waals surface area contributed by atoms with Crippen LogP contribution in [-0.2, 0) is 6.54 Å². The first-order valence-corrected chi connectivity index (χ1v) is 5.62. The highest BCUT2D eigenvalue weighted by molar-refractivity contribution is 9.10. The Bertz CT molecular complexity index is 496. The van der Waals surface area contributed by atoms with Gasteiger partial charge in [-0.3, -0.25) is 0 Å². The summed E-state index contributed by atoms with van der Waals surface area (Å²) < 4.78 is 5.86. The van der Waals surface area contributed by atoms with E-state index in [4.69, 9.17) is 10.5 Å². The number of H-pyrrole nitrogens is 1. The quantitative estimate of drug-likeness (QED) is 0.908. The lowest BCUT2D eigenvalue weighted by molar-refractivity contribution is 0.415. The molecule has 0 fully saturated rings. The molecule has 0 radical (unpaired) electrons. The van der Waals surface area contributed by atoms with Crippen molar-refractivity contribution in [2.45, 2.75) is 6.54 Å². The molecular weight excluding hydrogens is 270 g/mol. The van der Waals surface area contributed by atoms with E-state index in [9.17, 15) is 0 Å². The molecule has 0 aliphatic carbocycles. The summed E-state index contributed by atoms with van der Waals surface area (Å²) in [5, 5.41) is 0. The number of aromatic nitrogens is 2. The molecule has 0 saturated heterocycles. The Balaban J connectivity index is 2.48. The minimum Gasteiger partial charge on any atom is -0.497 e. The van der Waals surface area contributed by atoms with Crippen LogP contribution in [0.4, 0.5) is 0 Å². The van der Waals surface area contributed by atoms with Crippen LogP contribution in [0.2, 0.25) is 0 Å². The Morgan fingerprint density at radius 1 is 1.50 bits per heavy atom. The van der Waals surface area contributed by atoms with E-state index in [-0.39, 0.29) is 0 Å². The molecule has 5 heteroatoms. The lowest BCUT2D eigenvalue weighted by Crippen LogP contribution is -1.98. The van der Waals surface area contributed by atoms with Crippen LogP contribution in [0, 0.1) is 0 Å². The molecule has 1 aromatic carbocycles. The molecule has 16 heavy (non-hydrogen) atoms. The molecule has 2 aromatic rings. The lowest BCUT2D eigenvalue weighted by atomic mass is 10.1.